The highest BCUT2D eigenvalue weighted by atomic mass is 35.5. The number of esters is 1. The second-order valence-electron chi connectivity index (χ2n) is 8.49. The fourth-order valence-corrected chi connectivity index (χ4v) is 4.90. The maximum atomic E-state index is 13.1. The number of anilines is 1. The molecule has 10 heteroatoms. The first-order chi connectivity index (χ1) is 18.2. The number of rotatable bonds is 8. The molecule has 196 valence electrons. The van der Waals surface area contributed by atoms with E-state index in [-0.39, 0.29) is 12.5 Å². The summed E-state index contributed by atoms with van der Waals surface area (Å²) in [5.41, 5.74) is 4.43. The summed E-state index contributed by atoms with van der Waals surface area (Å²) in [5.74, 6) is -0.393. The molecule has 1 amide bonds. The standard InChI is InChI=1S/C28H24Cl3N3O4/c1-16-25(17(2)34(33-16)14-20-8-4-5-10-22(20)28(36)37-3)32-27(35)19-9-6-7-18(11-19)15-38-26-23(30)12-21(29)13-24(26)31/h4-13H,14-15H2,1-3H3,(H,32,35). The number of halogens is 3. The SMILES string of the molecule is COC(=O)c1ccccc1Cn1nc(C)c(NC(=O)c2cccc(COc3c(Cl)cc(Cl)cc3Cl)c2)c1C. The van der Waals surface area contributed by atoms with E-state index in [1.165, 1.54) is 7.11 Å². The summed E-state index contributed by atoms with van der Waals surface area (Å²) in [6.45, 7) is 4.17. The Balaban J connectivity index is 1.49. The van der Waals surface area contributed by atoms with Crippen molar-refractivity contribution in [2.45, 2.75) is 27.0 Å². The molecule has 0 saturated carbocycles. The molecule has 0 saturated heterocycles. The number of nitrogens with one attached hydrogen (secondary N) is 1. The zero-order valence-electron chi connectivity index (χ0n) is 20.8. The number of hydrogen-bond acceptors (Lipinski definition) is 5. The van der Waals surface area contributed by atoms with Crippen molar-refractivity contribution >= 4 is 52.4 Å². The first-order valence-corrected chi connectivity index (χ1v) is 12.7. The molecule has 4 aromatic rings. The highest BCUT2D eigenvalue weighted by Gasteiger charge is 2.18. The zero-order valence-corrected chi connectivity index (χ0v) is 23.1. The van der Waals surface area contributed by atoms with Crippen LogP contribution < -0.4 is 10.1 Å². The molecule has 0 bridgehead atoms. The van der Waals surface area contributed by atoms with E-state index in [0.29, 0.717) is 49.9 Å². The fourth-order valence-electron chi connectivity index (χ4n) is 3.97. The summed E-state index contributed by atoms with van der Waals surface area (Å²) in [6, 6.07) is 17.3. The molecule has 0 aliphatic heterocycles. The summed E-state index contributed by atoms with van der Waals surface area (Å²) in [7, 11) is 1.35. The molecule has 0 aliphatic rings. The zero-order chi connectivity index (χ0) is 27.4. The predicted molar refractivity (Wildman–Crippen MR) is 149 cm³/mol. The monoisotopic (exact) mass is 571 g/mol. The van der Waals surface area contributed by atoms with Gasteiger partial charge in [-0.15, -0.1) is 0 Å². The summed E-state index contributed by atoms with van der Waals surface area (Å²) in [4.78, 5) is 25.3. The van der Waals surface area contributed by atoms with Crippen LogP contribution in [0.5, 0.6) is 5.75 Å². The number of aromatic nitrogens is 2. The number of amides is 1. The van der Waals surface area contributed by atoms with Crippen LogP contribution in [-0.4, -0.2) is 28.8 Å². The van der Waals surface area contributed by atoms with Crippen molar-refractivity contribution in [1.82, 2.24) is 9.78 Å². The van der Waals surface area contributed by atoms with Crippen LogP contribution in [0.15, 0.2) is 60.7 Å². The molecular weight excluding hydrogens is 549 g/mol. The third kappa shape index (κ3) is 6.13. The molecule has 0 atom stereocenters. The van der Waals surface area contributed by atoms with E-state index in [1.807, 2.05) is 32.0 Å². The molecule has 1 aromatic heterocycles. The molecular formula is C28H24Cl3N3O4. The van der Waals surface area contributed by atoms with Crippen molar-refractivity contribution in [3.05, 3.63) is 109 Å². The normalized spacial score (nSPS) is 10.8. The molecule has 3 aromatic carbocycles. The maximum Gasteiger partial charge on any atom is 0.338 e. The summed E-state index contributed by atoms with van der Waals surface area (Å²) in [5, 5.41) is 8.55. The van der Waals surface area contributed by atoms with Gasteiger partial charge in [0, 0.05) is 10.6 Å². The van der Waals surface area contributed by atoms with Crippen molar-refractivity contribution in [3.8, 4) is 5.75 Å². The molecule has 1 heterocycles. The van der Waals surface area contributed by atoms with Gasteiger partial charge in [0.2, 0.25) is 0 Å². The minimum Gasteiger partial charge on any atom is -0.486 e. The van der Waals surface area contributed by atoms with Crippen LogP contribution in [0.2, 0.25) is 15.1 Å². The van der Waals surface area contributed by atoms with Gasteiger partial charge < -0.3 is 14.8 Å². The average Bonchev–Trinajstić information content (AvgIpc) is 3.15. The van der Waals surface area contributed by atoms with E-state index < -0.39 is 5.97 Å². The second kappa shape index (κ2) is 11.9. The first kappa shape index (κ1) is 27.5. The number of benzene rings is 3. The largest absolute Gasteiger partial charge is 0.486 e. The molecule has 7 nitrogen and oxygen atoms in total. The van der Waals surface area contributed by atoms with E-state index in [9.17, 15) is 9.59 Å². The van der Waals surface area contributed by atoms with Gasteiger partial charge in [-0.1, -0.05) is 65.1 Å². The highest BCUT2D eigenvalue weighted by Crippen LogP contribution is 2.36. The van der Waals surface area contributed by atoms with E-state index in [0.717, 1.165) is 16.8 Å². The van der Waals surface area contributed by atoms with Crippen LogP contribution in [0.4, 0.5) is 5.69 Å². The Morgan fingerprint density at radius 2 is 1.68 bits per heavy atom. The Hall–Kier alpha value is -3.52. The van der Waals surface area contributed by atoms with Crippen LogP contribution in [0.25, 0.3) is 0 Å². The first-order valence-electron chi connectivity index (χ1n) is 11.6. The van der Waals surface area contributed by atoms with Gasteiger partial charge in [0.15, 0.2) is 5.75 Å². The van der Waals surface area contributed by atoms with Crippen molar-refractivity contribution in [1.29, 1.82) is 0 Å². The minimum atomic E-state index is -0.417. The molecule has 1 N–H and O–H groups in total. The Morgan fingerprint density at radius 1 is 0.974 bits per heavy atom. The number of methoxy groups -OCH3 is 1. The van der Waals surface area contributed by atoms with E-state index in [1.54, 1.807) is 47.1 Å². The Morgan fingerprint density at radius 3 is 2.39 bits per heavy atom. The number of aryl methyl sites for hydroxylation is 1. The lowest BCUT2D eigenvalue weighted by Crippen LogP contribution is -2.14. The number of nitrogens with zero attached hydrogens (tertiary/aromatic N) is 2. The topological polar surface area (TPSA) is 82.5 Å². The summed E-state index contributed by atoms with van der Waals surface area (Å²) < 4.78 is 12.4. The van der Waals surface area contributed by atoms with E-state index in [4.69, 9.17) is 44.3 Å². The molecule has 38 heavy (non-hydrogen) atoms. The van der Waals surface area contributed by atoms with Gasteiger partial charge in [-0.3, -0.25) is 9.48 Å². The second-order valence-corrected chi connectivity index (χ2v) is 9.74. The Kier molecular flexibility index (Phi) is 8.62. The van der Waals surface area contributed by atoms with Gasteiger partial charge in [-0.05, 0) is 55.3 Å². The molecule has 0 radical (unpaired) electrons. The Labute approximate surface area is 235 Å². The van der Waals surface area contributed by atoms with Crippen molar-refractivity contribution in [3.63, 3.8) is 0 Å². The van der Waals surface area contributed by atoms with E-state index in [2.05, 4.69) is 10.4 Å². The van der Waals surface area contributed by atoms with Gasteiger partial charge in [-0.25, -0.2) is 4.79 Å². The third-order valence-electron chi connectivity index (χ3n) is 5.90. The predicted octanol–water partition coefficient (Wildman–Crippen LogP) is 7.13. The average molecular weight is 573 g/mol. The lowest BCUT2D eigenvalue weighted by atomic mass is 10.1. The highest BCUT2D eigenvalue weighted by molar-refractivity contribution is 6.40. The number of carbonyl (C=O) groups is 2. The summed E-state index contributed by atoms with van der Waals surface area (Å²) in [6.07, 6.45) is 0. The molecule has 0 fully saturated rings. The van der Waals surface area contributed by atoms with Gasteiger partial charge >= 0.3 is 5.97 Å². The number of hydrogen-bond donors (Lipinski definition) is 1. The lowest BCUT2D eigenvalue weighted by Gasteiger charge is -2.12. The fraction of sp³-hybridized carbons (Fsp3) is 0.179. The molecule has 0 spiro atoms. The van der Waals surface area contributed by atoms with Crippen LogP contribution >= 0.6 is 34.8 Å². The van der Waals surface area contributed by atoms with Gasteiger partial charge in [0.1, 0.15) is 6.61 Å². The van der Waals surface area contributed by atoms with Crippen LogP contribution in [0, 0.1) is 13.8 Å². The van der Waals surface area contributed by atoms with Crippen molar-refractivity contribution in [2.24, 2.45) is 0 Å². The quantitative estimate of drug-likeness (QED) is 0.227. The minimum absolute atomic E-state index is 0.151. The molecule has 4 rings (SSSR count). The van der Waals surface area contributed by atoms with Gasteiger partial charge in [0.25, 0.3) is 5.91 Å². The van der Waals surface area contributed by atoms with Crippen molar-refractivity contribution < 1.29 is 19.1 Å². The van der Waals surface area contributed by atoms with Gasteiger partial charge in [-0.2, -0.15) is 5.10 Å². The summed E-state index contributed by atoms with van der Waals surface area (Å²) >= 11 is 18.4. The molecule has 0 unspecified atom stereocenters. The maximum absolute atomic E-state index is 13.1. The number of carbonyl (C=O) groups excluding carboxylic acids is 2. The number of ether oxygens (including phenoxy) is 2. The molecule has 0 aliphatic carbocycles. The van der Waals surface area contributed by atoms with E-state index >= 15 is 0 Å². The van der Waals surface area contributed by atoms with Crippen LogP contribution in [-0.2, 0) is 17.9 Å². The lowest BCUT2D eigenvalue weighted by molar-refractivity contribution is 0.0599. The third-order valence-corrected chi connectivity index (χ3v) is 6.68. The Bertz CT molecular complexity index is 1490. The van der Waals surface area contributed by atoms with Gasteiger partial charge in [0.05, 0.1) is 46.3 Å². The van der Waals surface area contributed by atoms with Crippen molar-refractivity contribution in [2.75, 3.05) is 12.4 Å². The van der Waals surface area contributed by atoms with Crippen LogP contribution in [0.3, 0.4) is 0 Å². The van der Waals surface area contributed by atoms with Crippen LogP contribution in [0.1, 0.15) is 43.2 Å². The smallest absolute Gasteiger partial charge is 0.338 e.